The van der Waals surface area contributed by atoms with Crippen molar-refractivity contribution in [1.29, 1.82) is 0 Å². The Labute approximate surface area is 255 Å². The van der Waals surface area contributed by atoms with Gasteiger partial charge in [-0.25, -0.2) is 4.79 Å². The summed E-state index contributed by atoms with van der Waals surface area (Å²) < 4.78 is 11.1. The number of ketones is 1. The molecule has 234 valence electrons. The number of carbonyl (C=O) groups is 4. The molecule has 0 saturated heterocycles. The van der Waals surface area contributed by atoms with Gasteiger partial charge >= 0.3 is 6.09 Å². The lowest BCUT2D eigenvalue weighted by Crippen LogP contribution is -2.51. The van der Waals surface area contributed by atoms with E-state index >= 15 is 0 Å². The molecule has 0 spiro atoms. The van der Waals surface area contributed by atoms with Gasteiger partial charge in [0, 0.05) is 31.3 Å². The molecule has 43 heavy (non-hydrogen) atoms. The van der Waals surface area contributed by atoms with Gasteiger partial charge in [-0.3, -0.25) is 14.4 Å². The Balaban J connectivity index is 1.72. The summed E-state index contributed by atoms with van der Waals surface area (Å²) in [6, 6.07) is 14.2. The van der Waals surface area contributed by atoms with E-state index in [9.17, 15) is 19.2 Å². The Morgan fingerprint density at radius 1 is 0.977 bits per heavy atom. The third-order valence-corrected chi connectivity index (χ3v) is 7.32. The van der Waals surface area contributed by atoms with Crippen LogP contribution in [0, 0.1) is 17.8 Å². The molecular formula is C34H47N3O6. The fourth-order valence-electron chi connectivity index (χ4n) is 5.16. The van der Waals surface area contributed by atoms with E-state index in [-0.39, 0.29) is 30.1 Å². The van der Waals surface area contributed by atoms with Gasteiger partial charge in [0.1, 0.15) is 23.2 Å². The molecule has 0 aliphatic carbocycles. The normalized spacial score (nSPS) is 19.5. The molecule has 2 heterocycles. The maximum absolute atomic E-state index is 13.7. The second-order valence-corrected chi connectivity index (χ2v) is 12.7. The predicted molar refractivity (Wildman–Crippen MR) is 165 cm³/mol. The Bertz CT molecular complexity index is 1230. The van der Waals surface area contributed by atoms with Crippen molar-refractivity contribution >= 4 is 23.7 Å². The van der Waals surface area contributed by atoms with E-state index in [2.05, 4.69) is 16.0 Å². The number of rotatable bonds is 8. The molecule has 2 aromatic carbocycles. The van der Waals surface area contributed by atoms with Crippen LogP contribution in [0.25, 0.3) is 0 Å². The Kier molecular flexibility index (Phi) is 12.2. The van der Waals surface area contributed by atoms with Crippen molar-refractivity contribution in [3.8, 4) is 5.75 Å². The van der Waals surface area contributed by atoms with Gasteiger partial charge in [0.25, 0.3) is 0 Å². The number of benzene rings is 2. The highest BCUT2D eigenvalue weighted by Gasteiger charge is 2.34. The number of fused-ring (bicyclic) bond motifs is 11. The zero-order valence-electron chi connectivity index (χ0n) is 26.3. The summed E-state index contributed by atoms with van der Waals surface area (Å²) in [7, 11) is 0. The molecular weight excluding hydrogens is 546 g/mol. The van der Waals surface area contributed by atoms with Crippen molar-refractivity contribution < 1.29 is 28.7 Å². The molecule has 0 saturated carbocycles. The standard InChI is InChI=1S/C34H47N3O6/c1-22(2)18-29-28(23(3)38)8-7-17-42-27-15-13-24(14-16-27)19-30(37-31(29)39)32(40)35-20-25-9-11-26(12-10-25)21-36-33(41)43-34(4,5)6/h9-16,22,28-30H,7-8,17-21H2,1-6H3,(H,35,40)(H,36,41)(H,37,39)/t28-,29-,30+/m1/s1. The summed E-state index contributed by atoms with van der Waals surface area (Å²) >= 11 is 0. The molecule has 0 fully saturated rings. The summed E-state index contributed by atoms with van der Waals surface area (Å²) in [5, 5.41) is 8.70. The first-order chi connectivity index (χ1) is 20.3. The van der Waals surface area contributed by atoms with Gasteiger partial charge in [-0.1, -0.05) is 50.2 Å². The second-order valence-electron chi connectivity index (χ2n) is 12.7. The average molecular weight is 594 g/mol. The third kappa shape index (κ3) is 11.4. The fraction of sp³-hybridized carbons (Fsp3) is 0.529. The van der Waals surface area contributed by atoms with Crippen LogP contribution in [0.15, 0.2) is 48.5 Å². The number of amides is 3. The van der Waals surface area contributed by atoms with Crippen molar-refractivity contribution in [2.75, 3.05) is 6.61 Å². The first kappa shape index (κ1) is 33.6. The van der Waals surface area contributed by atoms with Gasteiger partial charge in [-0.05, 0) is 81.7 Å². The molecule has 9 heteroatoms. The van der Waals surface area contributed by atoms with Gasteiger partial charge in [-0.2, -0.15) is 0 Å². The summed E-state index contributed by atoms with van der Waals surface area (Å²) in [5.74, 6) is -0.644. The van der Waals surface area contributed by atoms with Crippen LogP contribution in [-0.4, -0.2) is 41.9 Å². The summed E-state index contributed by atoms with van der Waals surface area (Å²) in [6.07, 6.45) is 1.55. The number of hydrogen-bond donors (Lipinski definition) is 3. The molecule has 2 aliphatic heterocycles. The highest BCUT2D eigenvalue weighted by molar-refractivity contribution is 5.91. The number of Topliss-reactive ketones (excluding diaryl/α,β-unsaturated/α-hetero) is 1. The van der Waals surface area contributed by atoms with Gasteiger partial charge in [0.2, 0.25) is 11.8 Å². The van der Waals surface area contributed by atoms with Crippen LogP contribution in [0.5, 0.6) is 5.75 Å². The SMILES string of the molecule is CC(=O)[C@H]1CCCOc2ccc(cc2)C[C@@H](C(=O)NCc2ccc(CNC(=O)OC(C)(C)C)cc2)NC(=O)[C@@H]1CC(C)C. The van der Waals surface area contributed by atoms with E-state index < -0.39 is 29.6 Å². The zero-order valence-corrected chi connectivity index (χ0v) is 26.3. The van der Waals surface area contributed by atoms with Crippen molar-refractivity contribution in [2.45, 2.75) is 92.0 Å². The van der Waals surface area contributed by atoms with Gasteiger partial charge < -0.3 is 25.4 Å². The zero-order chi connectivity index (χ0) is 31.6. The molecule has 0 radical (unpaired) electrons. The smallest absolute Gasteiger partial charge is 0.407 e. The summed E-state index contributed by atoms with van der Waals surface area (Å²) in [6.45, 7) is 12.1. The largest absolute Gasteiger partial charge is 0.494 e. The maximum atomic E-state index is 13.7. The van der Waals surface area contributed by atoms with E-state index in [0.29, 0.717) is 38.8 Å². The topological polar surface area (TPSA) is 123 Å². The quantitative estimate of drug-likeness (QED) is 0.392. The van der Waals surface area contributed by atoms with Crippen LogP contribution in [0.1, 0.15) is 77.5 Å². The van der Waals surface area contributed by atoms with Crippen LogP contribution in [0.2, 0.25) is 0 Å². The molecule has 4 rings (SSSR count). The third-order valence-electron chi connectivity index (χ3n) is 7.32. The predicted octanol–water partition coefficient (Wildman–Crippen LogP) is 5.10. The van der Waals surface area contributed by atoms with Crippen LogP contribution < -0.4 is 20.7 Å². The first-order valence-corrected chi connectivity index (χ1v) is 15.2. The van der Waals surface area contributed by atoms with E-state index in [1.165, 1.54) is 6.92 Å². The van der Waals surface area contributed by atoms with E-state index in [1.807, 2.05) is 83.1 Å². The van der Waals surface area contributed by atoms with Gasteiger partial charge in [0.15, 0.2) is 0 Å². The fourth-order valence-corrected chi connectivity index (χ4v) is 5.16. The number of hydrogen-bond acceptors (Lipinski definition) is 6. The van der Waals surface area contributed by atoms with Crippen LogP contribution in [-0.2, 0) is 38.6 Å². The highest BCUT2D eigenvalue weighted by Crippen LogP contribution is 2.27. The average Bonchev–Trinajstić information content (AvgIpc) is 2.93. The lowest BCUT2D eigenvalue weighted by molar-refractivity contribution is -0.136. The van der Waals surface area contributed by atoms with Crippen molar-refractivity contribution in [3.63, 3.8) is 0 Å². The lowest BCUT2D eigenvalue weighted by atomic mass is 9.79. The monoisotopic (exact) mass is 593 g/mol. The van der Waals surface area contributed by atoms with E-state index in [1.54, 1.807) is 0 Å². The van der Waals surface area contributed by atoms with Crippen LogP contribution >= 0.6 is 0 Å². The number of carbonyl (C=O) groups excluding carboxylic acids is 4. The van der Waals surface area contributed by atoms with E-state index in [4.69, 9.17) is 9.47 Å². The molecule has 9 nitrogen and oxygen atoms in total. The number of ether oxygens (including phenoxy) is 2. The molecule has 2 bridgehead atoms. The van der Waals surface area contributed by atoms with Crippen molar-refractivity contribution in [2.24, 2.45) is 17.8 Å². The highest BCUT2D eigenvalue weighted by atomic mass is 16.6. The minimum Gasteiger partial charge on any atom is -0.494 e. The number of nitrogens with one attached hydrogen (secondary N) is 3. The molecule has 0 aromatic heterocycles. The van der Waals surface area contributed by atoms with E-state index in [0.717, 1.165) is 22.4 Å². The lowest BCUT2D eigenvalue weighted by Gasteiger charge is -2.28. The second kappa shape index (κ2) is 15.5. The molecule has 2 aliphatic rings. The Morgan fingerprint density at radius 3 is 2.14 bits per heavy atom. The van der Waals surface area contributed by atoms with Crippen LogP contribution in [0.4, 0.5) is 4.79 Å². The molecule has 3 N–H and O–H groups in total. The molecule has 2 aromatic rings. The maximum Gasteiger partial charge on any atom is 0.407 e. The Morgan fingerprint density at radius 2 is 1.58 bits per heavy atom. The van der Waals surface area contributed by atoms with Crippen molar-refractivity contribution in [1.82, 2.24) is 16.0 Å². The van der Waals surface area contributed by atoms with Gasteiger partial charge in [-0.15, -0.1) is 0 Å². The summed E-state index contributed by atoms with van der Waals surface area (Å²) in [4.78, 5) is 51.8. The van der Waals surface area contributed by atoms with Crippen molar-refractivity contribution in [3.05, 3.63) is 65.2 Å². The first-order valence-electron chi connectivity index (χ1n) is 15.2. The molecule has 3 amide bonds. The minimum atomic E-state index is -0.818. The number of alkyl carbamates (subject to hydrolysis) is 1. The molecule has 3 atom stereocenters. The Hall–Kier alpha value is -3.88. The van der Waals surface area contributed by atoms with Crippen LogP contribution in [0.3, 0.4) is 0 Å². The van der Waals surface area contributed by atoms with Gasteiger partial charge in [0.05, 0.1) is 6.61 Å². The summed E-state index contributed by atoms with van der Waals surface area (Å²) in [5.41, 5.74) is 2.08. The minimum absolute atomic E-state index is 0.0259. The molecule has 0 unspecified atom stereocenters.